The van der Waals surface area contributed by atoms with E-state index in [1.54, 1.807) is 0 Å². The molecular weight excluding hydrogens is 164 g/mol. The van der Waals surface area contributed by atoms with Gasteiger partial charge in [-0.15, -0.1) is 0 Å². The van der Waals surface area contributed by atoms with Crippen LogP contribution in [0.3, 0.4) is 0 Å². The van der Waals surface area contributed by atoms with Gasteiger partial charge in [-0.05, 0) is 36.0 Å². The van der Waals surface area contributed by atoms with Gasteiger partial charge in [0, 0.05) is 0 Å². The highest BCUT2D eigenvalue weighted by molar-refractivity contribution is 5.72. The fraction of sp³-hybridized carbons (Fsp3) is 0.909. The molecule has 13 heavy (non-hydrogen) atoms. The number of hydrogen-bond donors (Lipinski definition) is 1. The Bertz CT molecular complexity index is 257. The van der Waals surface area contributed by atoms with Gasteiger partial charge in [0.25, 0.3) is 0 Å². The lowest BCUT2D eigenvalue weighted by molar-refractivity contribution is -0.147. The molecule has 2 heteroatoms. The molecule has 0 radical (unpaired) electrons. The highest BCUT2D eigenvalue weighted by Crippen LogP contribution is 2.68. The molecule has 2 aliphatic carbocycles. The van der Waals surface area contributed by atoms with Crippen LogP contribution in [0.4, 0.5) is 0 Å². The van der Waals surface area contributed by atoms with Gasteiger partial charge in [-0.3, -0.25) is 4.79 Å². The largest absolute Gasteiger partial charge is 0.481 e. The Labute approximate surface area is 79.3 Å². The van der Waals surface area contributed by atoms with Crippen LogP contribution in [0.1, 0.15) is 40.0 Å². The summed E-state index contributed by atoms with van der Waals surface area (Å²) in [7, 11) is 0. The van der Waals surface area contributed by atoms with E-state index in [0.29, 0.717) is 5.92 Å². The maximum absolute atomic E-state index is 11.1. The molecule has 0 saturated heterocycles. The minimum atomic E-state index is -0.585. The Morgan fingerprint density at radius 1 is 1.38 bits per heavy atom. The fourth-order valence-corrected chi connectivity index (χ4v) is 3.58. The lowest BCUT2D eigenvalue weighted by Gasteiger charge is -2.37. The van der Waals surface area contributed by atoms with Gasteiger partial charge in [-0.25, -0.2) is 0 Å². The van der Waals surface area contributed by atoms with Crippen molar-refractivity contribution in [1.82, 2.24) is 0 Å². The summed E-state index contributed by atoms with van der Waals surface area (Å²) in [5.41, 5.74) is 0.277. The van der Waals surface area contributed by atoms with Crippen LogP contribution in [0.5, 0.6) is 0 Å². The van der Waals surface area contributed by atoms with E-state index >= 15 is 0 Å². The van der Waals surface area contributed by atoms with Gasteiger partial charge in [0.05, 0.1) is 5.92 Å². The van der Waals surface area contributed by atoms with Crippen LogP contribution in [0.25, 0.3) is 0 Å². The number of rotatable bonds is 1. The Morgan fingerprint density at radius 2 is 2.00 bits per heavy atom. The maximum Gasteiger partial charge on any atom is 0.307 e. The van der Waals surface area contributed by atoms with Crippen LogP contribution in [0, 0.1) is 22.7 Å². The predicted molar refractivity (Wildman–Crippen MR) is 50.4 cm³/mol. The molecule has 3 atom stereocenters. The van der Waals surface area contributed by atoms with E-state index in [9.17, 15) is 4.79 Å². The molecule has 2 aliphatic rings. The van der Waals surface area contributed by atoms with Gasteiger partial charge in [-0.1, -0.05) is 20.8 Å². The first-order chi connectivity index (χ1) is 5.89. The Hall–Kier alpha value is -0.530. The van der Waals surface area contributed by atoms with Crippen molar-refractivity contribution >= 4 is 5.97 Å². The topological polar surface area (TPSA) is 37.3 Å². The summed E-state index contributed by atoms with van der Waals surface area (Å²) in [6, 6.07) is 0. The highest BCUT2D eigenvalue weighted by atomic mass is 16.4. The van der Waals surface area contributed by atoms with E-state index in [1.807, 2.05) is 0 Å². The van der Waals surface area contributed by atoms with Gasteiger partial charge < -0.3 is 5.11 Å². The zero-order valence-electron chi connectivity index (χ0n) is 8.63. The van der Waals surface area contributed by atoms with Crippen molar-refractivity contribution in [2.45, 2.75) is 40.0 Å². The molecule has 74 valence electrons. The summed E-state index contributed by atoms with van der Waals surface area (Å²) in [4.78, 5) is 11.1. The van der Waals surface area contributed by atoms with E-state index in [1.165, 1.54) is 6.42 Å². The van der Waals surface area contributed by atoms with Crippen LogP contribution in [-0.2, 0) is 4.79 Å². The first-order valence-corrected chi connectivity index (χ1v) is 5.12. The second-order valence-electron chi connectivity index (χ2n) is 5.50. The molecule has 2 fully saturated rings. The van der Waals surface area contributed by atoms with Crippen LogP contribution >= 0.6 is 0 Å². The summed E-state index contributed by atoms with van der Waals surface area (Å²) in [5.74, 6) is -0.0439. The highest BCUT2D eigenvalue weighted by Gasteiger charge is 2.63. The van der Waals surface area contributed by atoms with Crippen LogP contribution in [0.15, 0.2) is 0 Å². The molecular formula is C11H18O2. The van der Waals surface area contributed by atoms with E-state index < -0.39 is 5.97 Å². The van der Waals surface area contributed by atoms with E-state index in [-0.39, 0.29) is 16.7 Å². The van der Waals surface area contributed by atoms with Gasteiger partial charge in [0.15, 0.2) is 0 Å². The smallest absolute Gasteiger partial charge is 0.307 e. The number of carboxylic acids is 1. The molecule has 0 spiro atoms. The zero-order chi connectivity index (χ0) is 9.85. The van der Waals surface area contributed by atoms with Crippen LogP contribution in [-0.4, -0.2) is 11.1 Å². The molecule has 2 nitrogen and oxygen atoms in total. The zero-order valence-corrected chi connectivity index (χ0v) is 8.63. The van der Waals surface area contributed by atoms with Crippen LogP contribution in [0.2, 0.25) is 0 Å². The number of aliphatic carboxylic acids is 1. The van der Waals surface area contributed by atoms with E-state index in [0.717, 1.165) is 12.8 Å². The van der Waals surface area contributed by atoms with E-state index in [2.05, 4.69) is 20.8 Å². The first-order valence-electron chi connectivity index (χ1n) is 5.12. The van der Waals surface area contributed by atoms with Crippen molar-refractivity contribution in [3.8, 4) is 0 Å². The van der Waals surface area contributed by atoms with Gasteiger partial charge >= 0.3 is 5.97 Å². The number of fused-ring (bicyclic) bond motifs is 2. The summed E-state index contributed by atoms with van der Waals surface area (Å²) in [5, 5.41) is 9.13. The molecule has 0 aliphatic heterocycles. The molecule has 0 aromatic carbocycles. The molecule has 0 heterocycles. The fourth-order valence-electron chi connectivity index (χ4n) is 3.58. The number of hydrogen-bond acceptors (Lipinski definition) is 1. The summed E-state index contributed by atoms with van der Waals surface area (Å²) in [6.45, 7) is 6.65. The lowest BCUT2D eigenvalue weighted by Crippen LogP contribution is -2.36. The third kappa shape index (κ3) is 0.866. The monoisotopic (exact) mass is 182 g/mol. The second-order valence-corrected chi connectivity index (χ2v) is 5.50. The summed E-state index contributed by atoms with van der Waals surface area (Å²) in [6.07, 6.45) is 3.23. The average molecular weight is 182 g/mol. The molecule has 0 amide bonds. The van der Waals surface area contributed by atoms with Gasteiger partial charge in [0.1, 0.15) is 0 Å². The molecule has 0 aromatic heterocycles. The average Bonchev–Trinajstić information content (AvgIpc) is 2.34. The summed E-state index contributed by atoms with van der Waals surface area (Å²) < 4.78 is 0. The third-order valence-corrected chi connectivity index (χ3v) is 5.09. The van der Waals surface area contributed by atoms with Crippen molar-refractivity contribution in [3.63, 3.8) is 0 Å². The van der Waals surface area contributed by atoms with Crippen molar-refractivity contribution in [3.05, 3.63) is 0 Å². The normalized spacial score (nSPS) is 46.7. The van der Waals surface area contributed by atoms with Crippen molar-refractivity contribution in [2.75, 3.05) is 0 Å². The quantitative estimate of drug-likeness (QED) is 0.676. The third-order valence-electron chi connectivity index (χ3n) is 5.09. The number of carbonyl (C=O) groups is 1. The van der Waals surface area contributed by atoms with Crippen molar-refractivity contribution in [2.24, 2.45) is 22.7 Å². The predicted octanol–water partition coefficient (Wildman–Crippen LogP) is 2.53. The Morgan fingerprint density at radius 3 is 2.23 bits per heavy atom. The van der Waals surface area contributed by atoms with Crippen molar-refractivity contribution in [1.29, 1.82) is 0 Å². The Kier molecular flexibility index (Phi) is 1.59. The maximum atomic E-state index is 11.1. The lowest BCUT2D eigenvalue weighted by atomic mass is 9.67. The molecule has 1 N–H and O–H groups in total. The molecule has 2 rings (SSSR count). The van der Waals surface area contributed by atoms with Gasteiger partial charge in [-0.2, -0.15) is 0 Å². The van der Waals surface area contributed by atoms with Gasteiger partial charge in [0.2, 0.25) is 0 Å². The molecule has 0 unspecified atom stereocenters. The molecule has 0 aromatic rings. The first kappa shape index (κ1) is 9.04. The minimum absolute atomic E-state index is 0.0451. The number of carboxylic acid groups (broad SMARTS) is 1. The van der Waals surface area contributed by atoms with Crippen molar-refractivity contribution < 1.29 is 9.90 Å². The second kappa shape index (κ2) is 2.28. The van der Waals surface area contributed by atoms with Crippen LogP contribution < -0.4 is 0 Å². The molecule has 2 saturated carbocycles. The Balaban J connectivity index is 2.38. The molecule has 2 bridgehead atoms. The standard InChI is InChI=1S/C11H18O2/c1-10(2)7-4-5-11(10,3)8(6-7)9(12)13/h7-8H,4-6H2,1-3H3,(H,12,13)/t7-,8-,11+/m1/s1. The minimum Gasteiger partial charge on any atom is -0.481 e. The summed E-state index contributed by atoms with van der Waals surface area (Å²) >= 11 is 0. The van der Waals surface area contributed by atoms with E-state index in [4.69, 9.17) is 5.11 Å². The SMILES string of the molecule is CC1(C)[C@@H]2CC[C@@]1(C)[C@@H](C(=O)O)C2.